The number of aromatic hydroxyl groups is 1. The normalized spacial score (nSPS) is 16.9. The topological polar surface area (TPSA) is 103 Å². The van der Waals surface area contributed by atoms with Crippen molar-refractivity contribution in [3.8, 4) is 5.75 Å². The Morgan fingerprint density at radius 1 is 1.55 bits per heavy atom. The molecule has 0 radical (unpaired) electrons. The molecular weight excluding hydrogens is 308 g/mol. The van der Waals surface area contributed by atoms with E-state index in [9.17, 15) is 14.7 Å². The molecule has 3 N–H and O–H groups in total. The van der Waals surface area contributed by atoms with E-state index in [1.54, 1.807) is 25.1 Å². The van der Waals surface area contributed by atoms with Gasteiger partial charge < -0.3 is 5.11 Å². The molecule has 22 heavy (non-hydrogen) atoms. The number of hydrogen-bond donors (Lipinski definition) is 3. The molecule has 0 spiro atoms. The molecule has 0 saturated heterocycles. The van der Waals surface area contributed by atoms with Crippen LogP contribution in [0.2, 0.25) is 0 Å². The van der Waals surface area contributed by atoms with Crippen molar-refractivity contribution in [2.24, 2.45) is 16.1 Å². The van der Waals surface area contributed by atoms with Gasteiger partial charge >= 0.3 is 0 Å². The number of carbonyl (C=O) groups excluding carboxylic acids is 2. The molecule has 1 aromatic carbocycles. The molecule has 1 aromatic rings. The Kier molecular flexibility index (Phi) is 6.52. The largest absolute Gasteiger partial charge is 0.508 e. The van der Waals surface area contributed by atoms with Gasteiger partial charge in [-0.2, -0.15) is 10.2 Å². The fourth-order valence-electron chi connectivity index (χ4n) is 1.94. The number of hydrazone groups is 2. The van der Waals surface area contributed by atoms with Crippen LogP contribution in [-0.2, 0) is 9.59 Å². The Hall–Kier alpha value is -2.41. The molecule has 1 aliphatic heterocycles. The lowest BCUT2D eigenvalue weighted by Gasteiger charge is -2.06. The minimum Gasteiger partial charge on any atom is -0.508 e. The van der Waals surface area contributed by atoms with Gasteiger partial charge in [-0.3, -0.25) is 9.59 Å². The van der Waals surface area contributed by atoms with Crippen LogP contribution in [0.15, 0.2) is 34.5 Å². The van der Waals surface area contributed by atoms with Crippen molar-refractivity contribution in [1.29, 1.82) is 0 Å². The average molecular weight is 325 g/mol. The van der Waals surface area contributed by atoms with Crippen LogP contribution in [0.1, 0.15) is 25.3 Å². The molecule has 0 fully saturated rings. The van der Waals surface area contributed by atoms with Crippen LogP contribution in [0.3, 0.4) is 0 Å². The number of carbonyl (C=O) groups is 2. The van der Waals surface area contributed by atoms with Gasteiger partial charge in [0.1, 0.15) is 5.75 Å². The van der Waals surface area contributed by atoms with Crippen LogP contribution in [-0.4, -0.2) is 28.8 Å². The molecule has 2 rings (SSSR count). The average Bonchev–Trinajstić information content (AvgIpc) is 2.76. The first-order valence-corrected chi connectivity index (χ1v) is 6.51. The summed E-state index contributed by atoms with van der Waals surface area (Å²) in [5, 5.41) is 16.9. The molecule has 1 aliphatic rings. The van der Waals surface area contributed by atoms with E-state index in [1.165, 1.54) is 12.3 Å². The number of hydrogen-bond acceptors (Lipinski definition) is 5. The van der Waals surface area contributed by atoms with Crippen molar-refractivity contribution in [3.05, 3.63) is 29.8 Å². The lowest BCUT2D eigenvalue weighted by atomic mass is 9.99. The lowest BCUT2D eigenvalue weighted by molar-refractivity contribution is -0.123. The van der Waals surface area contributed by atoms with Gasteiger partial charge in [0.2, 0.25) is 11.8 Å². The van der Waals surface area contributed by atoms with Crippen LogP contribution >= 0.6 is 12.4 Å². The second-order valence-electron chi connectivity index (χ2n) is 4.71. The van der Waals surface area contributed by atoms with Crippen molar-refractivity contribution < 1.29 is 14.7 Å². The van der Waals surface area contributed by atoms with Crippen LogP contribution < -0.4 is 10.9 Å². The van der Waals surface area contributed by atoms with Gasteiger partial charge in [0.25, 0.3) is 0 Å². The summed E-state index contributed by atoms with van der Waals surface area (Å²) in [6.45, 7) is 1.75. The Morgan fingerprint density at radius 2 is 2.32 bits per heavy atom. The standard InChI is InChI=1S/C14H16N4O3.ClH/c1-9-12(14(21)18-16-9)5-6-13(20)17-15-8-10-3-2-4-11(19)7-10;/h2-4,7-8,12,19H,5-6H2,1H3,(H,17,20)(H,18,21);1H/b15-8+;. The van der Waals surface area contributed by atoms with Crippen molar-refractivity contribution in [2.45, 2.75) is 19.8 Å². The number of amides is 2. The molecule has 1 atom stereocenters. The second kappa shape index (κ2) is 8.14. The zero-order chi connectivity index (χ0) is 15.2. The highest BCUT2D eigenvalue weighted by Gasteiger charge is 2.26. The number of nitrogens with zero attached hydrogens (tertiary/aromatic N) is 2. The van der Waals surface area contributed by atoms with Crippen molar-refractivity contribution >= 4 is 36.1 Å². The summed E-state index contributed by atoms with van der Waals surface area (Å²) < 4.78 is 0. The number of phenols is 1. The lowest BCUT2D eigenvalue weighted by Crippen LogP contribution is -2.25. The Labute approximate surface area is 133 Å². The fraction of sp³-hybridized carbons (Fsp3) is 0.286. The van der Waals surface area contributed by atoms with E-state index in [0.29, 0.717) is 17.7 Å². The van der Waals surface area contributed by atoms with Crippen molar-refractivity contribution in [1.82, 2.24) is 10.9 Å². The van der Waals surface area contributed by atoms with Gasteiger partial charge in [-0.15, -0.1) is 12.4 Å². The number of nitrogens with one attached hydrogen (secondary N) is 2. The summed E-state index contributed by atoms with van der Waals surface area (Å²) in [5.41, 5.74) is 6.12. The first kappa shape index (κ1) is 17.6. The third kappa shape index (κ3) is 4.85. The molecule has 0 aromatic heterocycles. The Morgan fingerprint density at radius 3 is 2.95 bits per heavy atom. The third-order valence-corrected chi connectivity index (χ3v) is 3.10. The third-order valence-electron chi connectivity index (χ3n) is 3.10. The molecule has 1 unspecified atom stereocenters. The predicted octanol–water partition coefficient (Wildman–Crippen LogP) is 1.17. The summed E-state index contributed by atoms with van der Waals surface area (Å²) in [5.74, 6) is -0.666. The monoisotopic (exact) mass is 324 g/mol. The zero-order valence-corrected chi connectivity index (χ0v) is 12.8. The van der Waals surface area contributed by atoms with Crippen LogP contribution in [0.25, 0.3) is 0 Å². The summed E-state index contributed by atoms with van der Waals surface area (Å²) in [6, 6.07) is 6.50. The van der Waals surface area contributed by atoms with E-state index in [-0.39, 0.29) is 42.3 Å². The maximum atomic E-state index is 11.6. The number of rotatable bonds is 5. The van der Waals surface area contributed by atoms with Gasteiger partial charge in [-0.25, -0.2) is 10.9 Å². The number of benzene rings is 1. The Bertz CT molecular complexity index is 616. The highest BCUT2D eigenvalue weighted by Crippen LogP contribution is 2.13. The first-order chi connectivity index (χ1) is 10.1. The van der Waals surface area contributed by atoms with E-state index in [0.717, 1.165) is 0 Å². The molecule has 0 aliphatic carbocycles. The Balaban J connectivity index is 0.00000242. The van der Waals surface area contributed by atoms with Gasteiger partial charge in [-0.1, -0.05) is 12.1 Å². The van der Waals surface area contributed by atoms with E-state index in [2.05, 4.69) is 21.1 Å². The van der Waals surface area contributed by atoms with Crippen LogP contribution in [0.5, 0.6) is 5.75 Å². The summed E-state index contributed by atoms with van der Waals surface area (Å²) in [6.07, 6.45) is 2.02. The van der Waals surface area contributed by atoms with Crippen molar-refractivity contribution in [2.75, 3.05) is 0 Å². The highest BCUT2D eigenvalue weighted by atomic mass is 35.5. The molecule has 0 bridgehead atoms. The zero-order valence-electron chi connectivity index (χ0n) is 11.9. The van der Waals surface area contributed by atoms with Gasteiger partial charge in [0.05, 0.1) is 12.1 Å². The minimum atomic E-state index is -0.342. The first-order valence-electron chi connectivity index (χ1n) is 6.51. The van der Waals surface area contributed by atoms with Crippen LogP contribution in [0.4, 0.5) is 0 Å². The number of phenolic OH excluding ortho intramolecular Hbond substituents is 1. The number of halogens is 1. The van der Waals surface area contributed by atoms with Gasteiger partial charge in [0, 0.05) is 12.1 Å². The van der Waals surface area contributed by atoms with Gasteiger partial charge in [0.15, 0.2) is 0 Å². The highest BCUT2D eigenvalue weighted by molar-refractivity contribution is 6.07. The summed E-state index contributed by atoms with van der Waals surface area (Å²) >= 11 is 0. The minimum absolute atomic E-state index is 0. The SMILES string of the molecule is CC1=NNC(=O)C1CCC(=O)N/N=C/c1cccc(O)c1.Cl. The molecule has 1 heterocycles. The molecule has 7 nitrogen and oxygen atoms in total. The quantitative estimate of drug-likeness (QED) is 0.559. The molecule has 0 saturated carbocycles. The van der Waals surface area contributed by atoms with E-state index in [1.807, 2.05) is 0 Å². The summed E-state index contributed by atoms with van der Waals surface area (Å²) in [4.78, 5) is 23.0. The molecule has 8 heteroatoms. The van der Waals surface area contributed by atoms with E-state index < -0.39 is 0 Å². The summed E-state index contributed by atoms with van der Waals surface area (Å²) in [7, 11) is 0. The molecule has 118 valence electrons. The fourth-order valence-corrected chi connectivity index (χ4v) is 1.94. The van der Waals surface area contributed by atoms with E-state index >= 15 is 0 Å². The molecule has 2 amide bonds. The van der Waals surface area contributed by atoms with Gasteiger partial charge in [-0.05, 0) is 31.0 Å². The van der Waals surface area contributed by atoms with E-state index in [4.69, 9.17) is 0 Å². The molecular formula is C14H17ClN4O3. The maximum absolute atomic E-state index is 11.6. The smallest absolute Gasteiger partial charge is 0.248 e. The van der Waals surface area contributed by atoms with Crippen molar-refractivity contribution in [3.63, 3.8) is 0 Å². The van der Waals surface area contributed by atoms with Crippen LogP contribution in [0, 0.1) is 5.92 Å². The predicted molar refractivity (Wildman–Crippen MR) is 85.1 cm³/mol. The second-order valence-corrected chi connectivity index (χ2v) is 4.71. The maximum Gasteiger partial charge on any atom is 0.248 e.